The van der Waals surface area contributed by atoms with E-state index in [9.17, 15) is 0 Å². The van der Waals surface area contributed by atoms with E-state index in [4.69, 9.17) is 0 Å². The molecule has 1 aromatic heterocycles. The molecule has 1 unspecified atom stereocenters. The van der Waals surface area contributed by atoms with Gasteiger partial charge < -0.3 is 9.88 Å². The number of likely N-dealkylation sites (N-methyl/N-ethyl adjacent to an activating group) is 1. The first-order valence-corrected chi connectivity index (χ1v) is 7.95. The number of hydrogen-bond acceptors (Lipinski definition) is 2. The molecule has 108 valence electrons. The van der Waals surface area contributed by atoms with Gasteiger partial charge in [0, 0.05) is 35.9 Å². The average molecular weight is 336 g/mol. The van der Waals surface area contributed by atoms with Gasteiger partial charge >= 0.3 is 0 Å². The Morgan fingerprint density at radius 2 is 2.15 bits per heavy atom. The molecule has 0 aliphatic carbocycles. The molecule has 0 radical (unpaired) electrons. The van der Waals surface area contributed by atoms with Crippen LogP contribution in [0.25, 0.3) is 0 Å². The number of imidazole rings is 1. The number of benzene rings is 1. The van der Waals surface area contributed by atoms with Crippen LogP contribution >= 0.6 is 15.9 Å². The Labute approximate surface area is 129 Å². The minimum atomic E-state index is 0.296. The van der Waals surface area contributed by atoms with Crippen LogP contribution in [-0.2, 0) is 13.0 Å². The van der Waals surface area contributed by atoms with Crippen molar-refractivity contribution in [2.45, 2.75) is 39.8 Å². The minimum Gasteiger partial charge on any atom is -0.335 e. The molecule has 3 nitrogen and oxygen atoms in total. The van der Waals surface area contributed by atoms with Crippen LogP contribution in [0.3, 0.4) is 0 Å². The summed E-state index contributed by atoms with van der Waals surface area (Å²) in [5.41, 5.74) is 2.64. The molecule has 1 aromatic carbocycles. The van der Waals surface area contributed by atoms with Crippen molar-refractivity contribution in [2.24, 2.45) is 0 Å². The molecule has 0 aliphatic rings. The quantitative estimate of drug-likeness (QED) is 0.868. The van der Waals surface area contributed by atoms with Crippen LogP contribution in [-0.4, -0.2) is 16.1 Å². The van der Waals surface area contributed by atoms with E-state index >= 15 is 0 Å². The summed E-state index contributed by atoms with van der Waals surface area (Å²) in [6, 6.07) is 6.69. The highest BCUT2D eigenvalue weighted by molar-refractivity contribution is 9.10. The summed E-state index contributed by atoms with van der Waals surface area (Å²) in [6.07, 6.45) is 4.84. The molecule has 2 rings (SSSR count). The first-order valence-electron chi connectivity index (χ1n) is 7.15. The van der Waals surface area contributed by atoms with Gasteiger partial charge in [0.15, 0.2) is 0 Å². The van der Waals surface area contributed by atoms with Crippen LogP contribution in [0.15, 0.2) is 35.1 Å². The van der Waals surface area contributed by atoms with E-state index in [0.29, 0.717) is 6.04 Å². The van der Waals surface area contributed by atoms with E-state index in [1.807, 2.05) is 12.4 Å². The van der Waals surface area contributed by atoms with Crippen LogP contribution < -0.4 is 5.32 Å². The van der Waals surface area contributed by atoms with Crippen LogP contribution in [0.1, 0.15) is 36.8 Å². The van der Waals surface area contributed by atoms with E-state index in [1.165, 1.54) is 11.1 Å². The van der Waals surface area contributed by atoms with Gasteiger partial charge in [-0.1, -0.05) is 35.0 Å². The summed E-state index contributed by atoms with van der Waals surface area (Å²) in [4.78, 5) is 4.50. The highest BCUT2D eigenvalue weighted by Crippen LogP contribution is 2.26. The van der Waals surface area contributed by atoms with Gasteiger partial charge in [-0.3, -0.25) is 0 Å². The lowest BCUT2D eigenvalue weighted by atomic mass is 9.98. The first-order chi connectivity index (χ1) is 9.67. The second-order valence-electron chi connectivity index (χ2n) is 4.90. The van der Waals surface area contributed by atoms with Crippen molar-refractivity contribution in [3.8, 4) is 0 Å². The van der Waals surface area contributed by atoms with E-state index in [2.05, 4.69) is 69.8 Å². The Balaban J connectivity index is 2.29. The molecule has 0 fully saturated rings. The van der Waals surface area contributed by atoms with Crippen molar-refractivity contribution in [3.63, 3.8) is 0 Å². The SMILES string of the molecule is CCNC(Cc1nccn1CC)c1cccc(Br)c1C. The van der Waals surface area contributed by atoms with E-state index in [0.717, 1.165) is 29.8 Å². The maximum atomic E-state index is 4.50. The van der Waals surface area contributed by atoms with Crippen molar-refractivity contribution in [2.75, 3.05) is 6.54 Å². The Hall–Kier alpha value is -1.13. The monoisotopic (exact) mass is 335 g/mol. The summed E-state index contributed by atoms with van der Waals surface area (Å²) in [6.45, 7) is 8.37. The van der Waals surface area contributed by atoms with Gasteiger partial charge in [-0.15, -0.1) is 0 Å². The third-order valence-corrected chi connectivity index (χ3v) is 4.52. The summed E-state index contributed by atoms with van der Waals surface area (Å²) in [5.74, 6) is 1.14. The van der Waals surface area contributed by atoms with E-state index in [1.54, 1.807) is 0 Å². The van der Waals surface area contributed by atoms with Gasteiger partial charge in [0.2, 0.25) is 0 Å². The lowest BCUT2D eigenvalue weighted by molar-refractivity contribution is 0.520. The summed E-state index contributed by atoms with van der Waals surface area (Å²) in [5, 5.41) is 3.58. The topological polar surface area (TPSA) is 29.9 Å². The molecule has 0 amide bonds. The molecular weight excluding hydrogens is 314 g/mol. The van der Waals surface area contributed by atoms with Gasteiger partial charge in [-0.25, -0.2) is 4.98 Å². The molecular formula is C16H22BrN3. The standard InChI is InChI=1S/C16H22BrN3/c1-4-18-15(11-16-19-9-10-20(16)5-2)13-7-6-8-14(17)12(13)3/h6-10,15,18H,4-5,11H2,1-3H3. The van der Waals surface area contributed by atoms with Crippen LogP contribution in [0.5, 0.6) is 0 Å². The fourth-order valence-corrected chi connectivity index (χ4v) is 2.92. The van der Waals surface area contributed by atoms with Crippen molar-refractivity contribution in [1.29, 1.82) is 0 Å². The highest BCUT2D eigenvalue weighted by atomic mass is 79.9. The average Bonchev–Trinajstić information content (AvgIpc) is 2.89. The normalized spacial score (nSPS) is 12.6. The van der Waals surface area contributed by atoms with Gasteiger partial charge in [0.05, 0.1) is 0 Å². The zero-order valence-electron chi connectivity index (χ0n) is 12.4. The number of halogens is 1. The van der Waals surface area contributed by atoms with Gasteiger partial charge in [0.1, 0.15) is 5.82 Å². The molecule has 0 spiro atoms. The van der Waals surface area contributed by atoms with Gasteiger partial charge in [0.25, 0.3) is 0 Å². The maximum absolute atomic E-state index is 4.50. The smallest absolute Gasteiger partial charge is 0.110 e. The van der Waals surface area contributed by atoms with E-state index < -0.39 is 0 Å². The predicted molar refractivity (Wildman–Crippen MR) is 86.9 cm³/mol. The molecule has 0 saturated heterocycles. The van der Waals surface area contributed by atoms with Crippen LogP contribution in [0.2, 0.25) is 0 Å². The number of hydrogen-bond donors (Lipinski definition) is 1. The molecule has 1 heterocycles. The summed E-state index contributed by atoms with van der Waals surface area (Å²) in [7, 11) is 0. The maximum Gasteiger partial charge on any atom is 0.110 e. The van der Waals surface area contributed by atoms with Crippen LogP contribution in [0, 0.1) is 6.92 Å². The molecule has 0 aliphatic heterocycles. The third-order valence-electron chi connectivity index (χ3n) is 3.66. The predicted octanol–water partition coefficient (Wildman–Crippen LogP) is 3.87. The fourth-order valence-electron chi connectivity index (χ4n) is 2.54. The fraction of sp³-hybridized carbons (Fsp3) is 0.438. The summed E-state index contributed by atoms with van der Waals surface area (Å²) < 4.78 is 3.37. The van der Waals surface area contributed by atoms with Crippen molar-refractivity contribution in [1.82, 2.24) is 14.9 Å². The van der Waals surface area contributed by atoms with E-state index in [-0.39, 0.29) is 0 Å². The lowest BCUT2D eigenvalue weighted by Crippen LogP contribution is -2.25. The number of aryl methyl sites for hydroxylation is 1. The van der Waals surface area contributed by atoms with Gasteiger partial charge in [-0.2, -0.15) is 0 Å². The van der Waals surface area contributed by atoms with Crippen molar-refractivity contribution in [3.05, 3.63) is 52.0 Å². The largest absolute Gasteiger partial charge is 0.335 e. The summed E-state index contributed by atoms with van der Waals surface area (Å²) >= 11 is 3.62. The Morgan fingerprint density at radius 1 is 1.35 bits per heavy atom. The molecule has 0 saturated carbocycles. The second kappa shape index (κ2) is 7.04. The zero-order valence-corrected chi connectivity index (χ0v) is 13.9. The Kier molecular flexibility index (Phi) is 5.38. The molecule has 1 atom stereocenters. The molecule has 2 aromatic rings. The molecule has 1 N–H and O–H groups in total. The van der Waals surface area contributed by atoms with Crippen molar-refractivity contribution >= 4 is 15.9 Å². The minimum absolute atomic E-state index is 0.296. The Morgan fingerprint density at radius 3 is 2.85 bits per heavy atom. The number of aromatic nitrogens is 2. The number of nitrogens with one attached hydrogen (secondary N) is 1. The number of rotatable bonds is 6. The zero-order chi connectivity index (χ0) is 14.5. The lowest BCUT2D eigenvalue weighted by Gasteiger charge is -2.21. The Bertz CT molecular complexity index is 563. The third kappa shape index (κ3) is 3.30. The first kappa shape index (κ1) is 15.3. The van der Waals surface area contributed by atoms with Gasteiger partial charge in [-0.05, 0) is 37.6 Å². The molecule has 20 heavy (non-hydrogen) atoms. The number of nitrogens with zero attached hydrogens (tertiary/aromatic N) is 2. The van der Waals surface area contributed by atoms with Crippen molar-refractivity contribution < 1.29 is 0 Å². The second-order valence-corrected chi connectivity index (χ2v) is 5.75. The molecule has 4 heteroatoms. The highest BCUT2D eigenvalue weighted by Gasteiger charge is 2.17. The van der Waals surface area contributed by atoms with Crippen LogP contribution in [0.4, 0.5) is 0 Å². The molecule has 0 bridgehead atoms.